The molecule has 2 N–H and O–H groups in total. The maximum atomic E-state index is 13.7. The number of aromatic nitrogens is 2. The molecule has 0 unspecified atom stereocenters. The third-order valence-corrected chi connectivity index (χ3v) is 8.45. The van der Waals surface area contributed by atoms with Crippen molar-refractivity contribution < 1.29 is 22.7 Å². The number of ether oxygens (including phenoxy) is 1. The zero-order valence-corrected chi connectivity index (χ0v) is 22.7. The number of piperazine rings is 1. The van der Waals surface area contributed by atoms with Crippen LogP contribution in [0.1, 0.15) is 49.1 Å². The lowest BCUT2D eigenvalue weighted by molar-refractivity contribution is -0.137. The molecule has 9 nitrogen and oxygen atoms in total. The minimum atomic E-state index is -4.59. The smallest absolute Gasteiger partial charge is 0.379 e. The van der Waals surface area contributed by atoms with E-state index in [9.17, 15) is 18.0 Å². The first kappa shape index (κ1) is 27.1. The number of alkyl halides is 3. The van der Waals surface area contributed by atoms with Crippen LogP contribution in [0.25, 0.3) is 0 Å². The number of nitrogens with one attached hydrogen (secondary N) is 2. The van der Waals surface area contributed by atoms with E-state index < -0.39 is 11.7 Å². The summed E-state index contributed by atoms with van der Waals surface area (Å²) >= 11 is 0. The number of nitrogens with zero attached hydrogens (tertiary/aromatic N) is 5. The molecule has 0 radical (unpaired) electrons. The number of benzene rings is 1. The van der Waals surface area contributed by atoms with Crippen LogP contribution in [0, 0.1) is 0 Å². The summed E-state index contributed by atoms with van der Waals surface area (Å²) in [6.45, 7) is 4.14. The van der Waals surface area contributed by atoms with E-state index in [2.05, 4.69) is 49.6 Å². The van der Waals surface area contributed by atoms with E-state index in [4.69, 9.17) is 4.74 Å². The number of rotatable bonds is 9. The molecule has 1 saturated carbocycles. The van der Waals surface area contributed by atoms with Crippen molar-refractivity contribution in [2.24, 2.45) is 0 Å². The molecule has 4 aliphatic rings. The van der Waals surface area contributed by atoms with Crippen molar-refractivity contribution in [3.8, 4) is 0 Å². The van der Waals surface area contributed by atoms with Gasteiger partial charge in [-0.2, -0.15) is 18.2 Å². The number of likely N-dealkylation sites (N-methyl/N-ethyl adjacent to an activating group) is 1. The van der Waals surface area contributed by atoms with Crippen LogP contribution in [-0.4, -0.2) is 90.7 Å². The molecule has 1 aliphatic carbocycles. The highest BCUT2D eigenvalue weighted by molar-refractivity contribution is 5.76. The van der Waals surface area contributed by atoms with Gasteiger partial charge in [0.1, 0.15) is 11.4 Å². The number of fused-ring (bicyclic) bond motifs is 2. The minimum Gasteiger partial charge on any atom is -0.379 e. The Balaban J connectivity index is 1.15. The average Bonchev–Trinajstić information content (AvgIpc) is 3.64. The molecule has 0 spiro atoms. The van der Waals surface area contributed by atoms with Crippen LogP contribution in [-0.2, 0) is 15.7 Å². The molecule has 6 rings (SSSR count). The number of hydrogen-bond acceptors (Lipinski definition) is 8. The van der Waals surface area contributed by atoms with Gasteiger partial charge < -0.3 is 25.2 Å². The van der Waals surface area contributed by atoms with Gasteiger partial charge in [0.05, 0.1) is 19.6 Å². The van der Waals surface area contributed by atoms with E-state index in [1.807, 2.05) is 6.07 Å². The molecule has 2 bridgehead atoms. The summed E-state index contributed by atoms with van der Waals surface area (Å²) in [6.07, 6.45) is 0.425. The summed E-state index contributed by atoms with van der Waals surface area (Å²) in [7, 11) is 2.18. The fourth-order valence-corrected chi connectivity index (χ4v) is 6.09. The van der Waals surface area contributed by atoms with E-state index in [1.165, 1.54) is 12.1 Å². The van der Waals surface area contributed by atoms with Crippen LogP contribution in [0.3, 0.4) is 0 Å². The van der Waals surface area contributed by atoms with Gasteiger partial charge in [-0.3, -0.25) is 9.69 Å². The Hall–Kier alpha value is -3.12. The summed E-state index contributed by atoms with van der Waals surface area (Å²) in [6, 6.07) is 7.46. The van der Waals surface area contributed by atoms with E-state index in [0.29, 0.717) is 57.1 Å². The van der Waals surface area contributed by atoms with Gasteiger partial charge in [0.25, 0.3) is 0 Å². The highest BCUT2D eigenvalue weighted by atomic mass is 19.4. The van der Waals surface area contributed by atoms with Crippen LogP contribution in [0.4, 0.5) is 36.3 Å². The van der Waals surface area contributed by atoms with Crippen molar-refractivity contribution in [1.82, 2.24) is 19.8 Å². The molecule has 40 heavy (non-hydrogen) atoms. The van der Waals surface area contributed by atoms with Crippen LogP contribution >= 0.6 is 0 Å². The van der Waals surface area contributed by atoms with E-state index in [1.54, 1.807) is 4.90 Å². The molecule has 2 atom stereocenters. The fourth-order valence-electron chi connectivity index (χ4n) is 6.09. The molecular formula is C28H36F3N7O2. The van der Waals surface area contributed by atoms with Crippen LogP contribution in [0.5, 0.6) is 0 Å². The Morgan fingerprint density at radius 3 is 2.73 bits per heavy atom. The van der Waals surface area contributed by atoms with Crippen LogP contribution in [0.15, 0.2) is 24.4 Å². The van der Waals surface area contributed by atoms with E-state index >= 15 is 0 Å². The first-order valence-corrected chi connectivity index (χ1v) is 14.2. The number of hydrogen-bond donors (Lipinski definition) is 2. The molecule has 3 saturated heterocycles. The molecule has 1 amide bonds. The van der Waals surface area contributed by atoms with Gasteiger partial charge in [-0.25, -0.2) is 4.98 Å². The monoisotopic (exact) mass is 559 g/mol. The Morgan fingerprint density at radius 2 is 2.00 bits per heavy atom. The maximum Gasteiger partial charge on any atom is 0.421 e. The topological polar surface area (TPSA) is 85.9 Å². The van der Waals surface area contributed by atoms with Gasteiger partial charge in [0, 0.05) is 62.4 Å². The molecule has 216 valence electrons. The van der Waals surface area contributed by atoms with Crippen molar-refractivity contribution in [2.75, 3.05) is 68.5 Å². The lowest BCUT2D eigenvalue weighted by Gasteiger charge is -2.34. The molecule has 12 heteroatoms. The van der Waals surface area contributed by atoms with Crippen molar-refractivity contribution >= 4 is 29.0 Å². The third kappa shape index (κ3) is 5.83. The zero-order chi connectivity index (χ0) is 27.9. The summed E-state index contributed by atoms with van der Waals surface area (Å²) < 4.78 is 46.6. The van der Waals surface area contributed by atoms with Crippen LogP contribution in [0.2, 0.25) is 0 Å². The molecule has 3 aliphatic heterocycles. The normalized spacial score (nSPS) is 23.6. The summed E-state index contributed by atoms with van der Waals surface area (Å²) in [5.41, 5.74) is 2.29. The van der Waals surface area contributed by atoms with E-state index in [0.717, 1.165) is 43.4 Å². The number of carbonyl (C=O) groups excluding carboxylic acids is 1. The van der Waals surface area contributed by atoms with Gasteiger partial charge in [-0.15, -0.1) is 0 Å². The SMILES string of the molecule is CN1C[C@H]2C[C@@H]1CN2c1ccc(Nc2ncc(C(F)(F)F)c(NCCCN3CCOCCC3=O)n2)c(C2CC2)c1. The highest BCUT2D eigenvalue weighted by Gasteiger charge is 2.42. The average molecular weight is 560 g/mol. The van der Waals surface area contributed by atoms with Gasteiger partial charge in [-0.05, 0) is 62.4 Å². The van der Waals surface area contributed by atoms with Gasteiger partial charge in [0.2, 0.25) is 11.9 Å². The van der Waals surface area contributed by atoms with E-state index in [-0.39, 0.29) is 24.2 Å². The summed E-state index contributed by atoms with van der Waals surface area (Å²) in [5, 5.41) is 6.04. The van der Waals surface area contributed by atoms with Gasteiger partial charge >= 0.3 is 6.18 Å². The third-order valence-electron chi connectivity index (χ3n) is 8.45. The molecule has 2 aromatic rings. The lowest BCUT2D eigenvalue weighted by atomic mass is 10.1. The highest BCUT2D eigenvalue weighted by Crippen LogP contribution is 2.46. The Morgan fingerprint density at radius 1 is 1.15 bits per heavy atom. The lowest BCUT2D eigenvalue weighted by Crippen LogP contribution is -2.44. The molecule has 1 aromatic heterocycles. The summed E-state index contributed by atoms with van der Waals surface area (Å²) in [4.78, 5) is 27.0. The predicted octanol–water partition coefficient (Wildman–Crippen LogP) is 4.06. The minimum absolute atomic E-state index is 0.00376. The quantitative estimate of drug-likeness (QED) is 0.445. The Kier molecular flexibility index (Phi) is 7.47. The standard InChI is InChI=1S/C28H36F3N7O2/c1-36-16-21-13-20(36)17-38(21)19-5-6-24(22(14-19)18-3-4-18)34-27-33-15-23(28(29,30)31)26(35-27)32-8-2-9-37-10-12-40-11-7-25(37)39/h5-6,14-15,18,20-21H,2-4,7-13,16-17H2,1H3,(H2,32,33,34,35)/t20-,21-/m1/s1. The van der Waals surface area contributed by atoms with Crippen LogP contribution < -0.4 is 15.5 Å². The molecule has 4 heterocycles. The largest absolute Gasteiger partial charge is 0.421 e. The second-order valence-electron chi connectivity index (χ2n) is 11.3. The molecular weight excluding hydrogens is 523 g/mol. The summed E-state index contributed by atoms with van der Waals surface area (Å²) in [5.74, 6) is 0.289. The first-order valence-electron chi connectivity index (χ1n) is 14.2. The second-order valence-corrected chi connectivity index (χ2v) is 11.3. The first-order chi connectivity index (χ1) is 19.3. The Bertz CT molecular complexity index is 1240. The fraction of sp³-hybridized carbons (Fsp3) is 0.607. The van der Waals surface area contributed by atoms with Crippen molar-refractivity contribution in [2.45, 2.75) is 56.3 Å². The van der Waals surface area contributed by atoms with Crippen molar-refractivity contribution in [3.63, 3.8) is 0 Å². The number of amides is 1. The predicted molar refractivity (Wildman–Crippen MR) is 146 cm³/mol. The number of carbonyl (C=O) groups is 1. The number of halogens is 3. The van der Waals surface area contributed by atoms with Crippen molar-refractivity contribution in [3.05, 3.63) is 35.5 Å². The maximum absolute atomic E-state index is 13.7. The second kappa shape index (κ2) is 11.0. The Labute approximate surface area is 232 Å². The number of anilines is 4. The molecule has 1 aromatic carbocycles. The van der Waals surface area contributed by atoms with Gasteiger partial charge in [-0.1, -0.05) is 0 Å². The molecule has 4 fully saturated rings. The van der Waals surface area contributed by atoms with Gasteiger partial charge in [0.15, 0.2) is 0 Å². The van der Waals surface area contributed by atoms with Crippen molar-refractivity contribution in [1.29, 1.82) is 0 Å². The zero-order valence-electron chi connectivity index (χ0n) is 22.7. The number of likely N-dealkylation sites (tertiary alicyclic amines) is 1.